The Balaban J connectivity index is 4.74. The molecular formula is C14H27NO2. The Morgan fingerprint density at radius 2 is 1.53 bits per heavy atom. The first-order valence-corrected chi connectivity index (χ1v) is 6.38. The molecule has 17 heavy (non-hydrogen) atoms. The van der Waals surface area contributed by atoms with Crippen LogP contribution >= 0.6 is 0 Å². The van der Waals surface area contributed by atoms with Crippen molar-refractivity contribution in [2.24, 2.45) is 17.3 Å². The van der Waals surface area contributed by atoms with E-state index in [-0.39, 0.29) is 23.0 Å². The van der Waals surface area contributed by atoms with E-state index >= 15 is 0 Å². The number of carbonyl (C=O) groups excluding carboxylic acids is 2. The molecule has 1 unspecified atom stereocenters. The second kappa shape index (κ2) is 6.18. The molecule has 0 aliphatic heterocycles. The van der Waals surface area contributed by atoms with Crippen LogP contribution in [0.4, 0.5) is 0 Å². The zero-order chi connectivity index (χ0) is 13.8. The summed E-state index contributed by atoms with van der Waals surface area (Å²) in [6.45, 7) is 13.7. The molecule has 0 radical (unpaired) electrons. The molecule has 0 saturated carbocycles. The summed E-state index contributed by atoms with van der Waals surface area (Å²) in [6, 6.07) is -0.395. The summed E-state index contributed by atoms with van der Waals surface area (Å²) in [4.78, 5) is 23.9. The van der Waals surface area contributed by atoms with Crippen LogP contribution in [0, 0.1) is 17.3 Å². The Hall–Kier alpha value is -0.860. The van der Waals surface area contributed by atoms with Gasteiger partial charge in [-0.25, -0.2) is 0 Å². The molecule has 0 rings (SSSR count). The van der Waals surface area contributed by atoms with Crippen LogP contribution in [0.25, 0.3) is 0 Å². The highest BCUT2D eigenvalue weighted by Crippen LogP contribution is 2.22. The van der Waals surface area contributed by atoms with Crippen molar-refractivity contribution in [3.8, 4) is 0 Å². The van der Waals surface area contributed by atoms with Crippen molar-refractivity contribution < 1.29 is 9.59 Å². The first kappa shape index (κ1) is 16.1. The van der Waals surface area contributed by atoms with E-state index in [1.807, 2.05) is 48.5 Å². The molecule has 3 heteroatoms. The predicted octanol–water partition coefficient (Wildman–Crippen LogP) is 2.79. The number of hydrogen-bond acceptors (Lipinski definition) is 2. The lowest BCUT2D eigenvalue weighted by atomic mass is 9.81. The van der Waals surface area contributed by atoms with Crippen molar-refractivity contribution in [2.45, 2.75) is 60.9 Å². The van der Waals surface area contributed by atoms with Gasteiger partial charge in [0.05, 0.1) is 6.04 Å². The highest BCUT2D eigenvalue weighted by atomic mass is 16.2. The number of carbonyl (C=O) groups is 2. The maximum Gasteiger partial charge on any atom is 0.220 e. The van der Waals surface area contributed by atoms with Crippen LogP contribution in [0.2, 0.25) is 0 Å². The second-order valence-corrected chi connectivity index (χ2v) is 6.52. The van der Waals surface area contributed by atoms with Crippen molar-refractivity contribution in [1.82, 2.24) is 5.32 Å². The second-order valence-electron chi connectivity index (χ2n) is 6.52. The van der Waals surface area contributed by atoms with E-state index in [4.69, 9.17) is 0 Å². The topological polar surface area (TPSA) is 46.2 Å². The molecule has 0 aromatic carbocycles. The average Bonchev–Trinajstić information content (AvgIpc) is 2.09. The summed E-state index contributed by atoms with van der Waals surface area (Å²) >= 11 is 0. The summed E-state index contributed by atoms with van der Waals surface area (Å²) in [7, 11) is 0. The third-order valence-electron chi connectivity index (χ3n) is 2.62. The minimum Gasteiger partial charge on any atom is -0.346 e. The number of nitrogens with one attached hydrogen (secondary N) is 1. The van der Waals surface area contributed by atoms with Crippen molar-refractivity contribution in [2.75, 3.05) is 0 Å². The van der Waals surface area contributed by atoms with Gasteiger partial charge in [-0.2, -0.15) is 0 Å². The maximum absolute atomic E-state index is 12.1. The van der Waals surface area contributed by atoms with Crippen LogP contribution < -0.4 is 5.32 Å². The Kier molecular flexibility index (Phi) is 5.86. The summed E-state index contributed by atoms with van der Waals surface area (Å²) in [5.74, 6) is 0.326. The van der Waals surface area contributed by atoms with Gasteiger partial charge in [0.25, 0.3) is 0 Å². The molecule has 0 aliphatic carbocycles. The third kappa shape index (κ3) is 5.85. The van der Waals surface area contributed by atoms with Crippen LogP contribution in [0.3, 0.4) is 0 Å². The Morgan fingerprint density at radius 1 is 1.06 bits per heavy atom. The smallest absolute Gasteiger partial charge is 0.220 e. The molecule has 0 aliphatic rings. The quantitative estimate of drug-likeness (QED) is 0.804. The van der Waals surface area contributed by atoms with Crippen LogP contribution in [-0.4, -0.2) is 17.7 Å². The molecular weight excluding hydrogens is 214 g/mol. The highest BCUT2D eigenvalue weighted by molar-refractivity contribution is 5.90. The summed E-state index contributed by atoms with van der Waals surface area (Å²) in [5, 5.41) is 2.88. The Morgan fingerprint density at radius 3 is 1.82 bits per heavy atom. The molecule has 0 heterocycles. The minimum atomic E-state index is -0.395. The van der Waals surface area contributed by atoms with E-state index in [0.717, 1.165) is 0 Å². The van der Waals surface area contributed by atoms with Gasteiger partial charge in [-0.3, -0.25) is 9.59 Å². The normalized spacial score (nSPS) is 13.9. The number of Topliss-reactive ketones (excluding diaryl/α,β-unsaturated/α-hetero) is 1. The van der Waals surface area contributed by atoms with Crippen molar-refractivity contribution in [3.63, 3.8) is 0 Å². The van der Waals surface area contributed by atoms with Gasteiger partial charge in [-0.1, -0.05) is 48.5 Å². The summed E-state index contributed by atoms with van der Waals surface area (Å²) in [5.41, 5.74) is -0.242. The minimum absolute atomic E-state index is 0.0334. The van der Waals surface area contributed by atoms with E-state index in [1.54, 1.807) is 0 Å². The maximum atomic E-state index is 12.1. The molecule has 0 spiro atoms. The Bertz CT molecular complexity index is 274. The van der Waals surface area contributed by atoms with Gasteiger partial charge in [0.15, 0.2) is 5.78 Å². The van der Waals surface area contributed by atoms with Crippen LogP contribution in [-0.2, 0) is 9.59 Å². The molecule has 1 amide bonds. The lowest BCUT2D eigenvalue weighted by molar-refractivity contribution is -0.132. The van der Waals surface area contributed by atoms with Crippen LogP contribution in [0.15, 0.2) is 0 Å². The lowest BCUT2D eigenvalue weighted by Crippen LogP contribution is -2.50. The number of ketones is 1. The lowest BCUT2D eigenvalue weighted by Gasteiger charge is -2.31. The number of hydrogen-bond donors (Lipinski definition) is 1. The van der Waals surface area contributed by atoms with E-state index in [0.29, 0.717) is 12.3 Å². The molecule has 0 aromatic heterocycles. The van der Waals surface area contributed by atoms with Gasteiger partial charge < -0.3 is 5.32 Å². The predicted molar refractivity (Wildman–Crippen MR) is 70.7 cm³/mol. The first-order chi connectivity index (χ1) is 7.55. The standard InChI is InChI=1S/C14H27NO2/c1-9(2)8-11(16)15-13(14(5,6)7)12(17)10(3)4/h9-10,13H,8H2,1-7H3,(H,15,16). The van der Waals surface area contributed by atoms with E-state index < -0.39 is 6.04 Å². The van der Waals surface area contributed by atoms with Crippen LogP contribution in [0.1, 0.15) is 54.9 Å². The largest absolute Gasteiger partial charge is 0.346 e. The summed E-state index contributed by atoms with van der Waals surface area (Å²) in [6.07, 6.45) is 0.470. The van der Waals surface area contributed by atoms with Gasteiger partial charge >= 0.3 is 0 Å². The van der Waals surface area contributed by atoms with E-state index in [1.165, 1.54) is 0 Å². The van der Waals surface area contributed by atoms with Crippen LogP contribution in [0.5, 0.6) is 0 Å². The zero-order valence-corrected chi connectivity index (χ0v) is 12.3. The third-order valence-corrected chi connectivity index (χ3v) is 2.62. The molecule has 0 aromatic rings. The molecule has 0 bridgehead atoms. The highest BCUT2D eigenvalue weighted by Gasteiger charge is 2.33. The Labute approximate surface area is 105 Å². The fourth-order valence-corrected chi connectivity index (χ4v) is 1.64. The first-order valence-electron chi connectivity index (χ1n) is 6.38. The fourth-order valence-electron chi connectivity index (χ4n) is 1.64. The summed E-state index contributed by atoms with van der Waals surface area (Å²) < 4.78 is 0. The zero-order valence-electron chi connectivity index (χ0n) is 12.3. The SMILES string of the molecule is CC(C)CC(=O)NC(C(=O)C(C)C)C(C)(C)C. The monoisotopic (exact) mass is 241 g/mol. The van der Waals surface area contributed by atoms with Gasteiger partial charge in [0.1, 0.15) is 0 Å². The van der Waals surface area contributed by atoms with Gasteiger partial charge in [0, 0.05) is 12.3 Å². The molecule has 100 valence electrons. The molecule has 3 nitrogen and oxygen atoms in total. The van der Waals surface area contributed by atoms with Crippen molar-refractivity contribution in [1.29, 1.82) is 0 Å². The van der Waals surface area contributed by atoms with Crippen molar-refractivity contribution in [3.05, 3.63) is 0 Å². The molecule has 1 N–H and O–H groups in total. The van der Waals surface area contributed by atoms with E-state index in [2.05, 4.69) is 5.32 Å². The average molecular weight is 241 g/mol. The van der Waals surface area contributed by atoms with Gasteiger partial charge in [-0.15, -0.1) is 0 Å². The fraction of sp³-hybridized carbons (Fsp3) is 0.857. The van der Waals surface area contributed by atoms with E-state index in [9.17, 15) is 9.59 Å². The molecule has 0 saturated heterocycles. The van der Waals surface area contributed by atoms with Gasteiger partial charge in [-0.05, 0) is 11.3 Å². The van der Waals surface area contributed by atoms with Crippen molar-refractivity contribution >= 4 is 11.7 Å². The molecule has 0 fully saturated rings. The number of rotatable bonds is 5. The number of amides is 1. The van der Waals surface area contributed by atoms with Gasteiger partial charge in [0.2, 0.25) is 5.91 Å². The molecule has 1 atom stereocenters.